The summed E-state index contributed by atoms with van der Waals surface area (Å²) in [5.74, 6) is 0. The van der Waals surface area contributed by atoms with E-state index in [4.69, 9.17) is 9.47 Å². The lowest BCUT2D eigenvalue weighted by Crippen LogP contribution is -2.33. The van der Waals surface area contributed by atoms with Crippen LogP contribution in [0.3, 0.4) is 0 Å². The molecule has 0 saturated carbocycles. The van der Waals surface area contributed by atoms with Crippen LogP contribution in [0.5, 0.6) is 0 Å². The van der Waals surface area contributed by atoms with Gasteiger partial charge in [-0.15, -0.1) is 0 Å². The average molecular weight is 243 g/mol. The van der Waals surface area contributed by atoms with Gasteiger partial charge in [0.15, 0.2) is 0 Å². The van der Waals surface area contributed by atoms with Crippen molar-refractivity contribution in [1.82, 2.24) is 5.32 Å². The van der Waals surface area contributed by atoms with Gasteiger partial charge in [-0.05, 0) is 45.1 Å². The normalized spacial score (nSPS) is 21.9. The van der Waals surface area contributed by atoms with Crippen LogP contribution in [0, 0.1) is 0 Å². The summed E-state index contributed by atoms with van der Waals surface area (Å²) >= 11 is 0. The number of nitrogens with one attached hydrogen (secondary N) is 1. The molecular weight excluding hydrogens is 214 g/mol. The molecule has 0 aromatic rings. The Morgan fingerprint density at radius 2 is 2.29 bits per heavy atom. The highest BCUT2D eigenvalue weighted by atomic mass is 16.5. The molecule has 0 spiro atoms. The molecule has 102 valence electrons. The van der Waals surface area contributed by atoms with Crippen LogP contribution < -0.4 is 5.32 Å². The molecule has 1 aliphatic rings. The Kier molecular flexibility index (Phi) is 8.67. The molecule has 1 saturated heterocycles. The van der Waals surface area contributed by atoms with E-state index in [0.717, 1.165) is 32.8 Å². The fourth-order valence-corrected chi connectivity index (χ4v) is 2.37. The van der Waals surface area contributed by atoms with Gasteiger partial charge in [0.2, 0.25) is 0 Å². The summed E-state index contributed by atoms with van der Waals surface area (Å²) in [5.41, 5.74) is 0. The molecule has 1 rings (SSSR count). The van der Waals surface area contributed by atoms with Crippen molar-refractivity contribution < 1.29 is 9.47 Å². The van der Waals surface area contributed by atoms with Crippen LogP contribution in [0.25, 0.3) is 0 Å². The van der Waals surface area contributed by atoms with E-state index in [1.165, 1.54) is 32.1 Å². The number of hydrogen-bond acceptors (Lipinski definition) is 3. The number of rotatable bonds is 10. The fraction of sp³-hybridized carbons (Fsp3) is 1.00. The maximum atomic E-state index is 5.64. The summed E-state index contributed by atoms with van der Waals surface area (Å²) in [6.07, 6.45) is 7.83. The lowest BCUT2D eigenvalue weighted by molar-refractivity contribution is 0.0925. The zero-order chi connectivity index (χ0) is 12.3. The molecule has 3 nitrogen and oxygen atoms in total. The van der Waals surface area contributed by atoms with Gasteiger partial charge in [-0.2, -0.15) is 0 Å². The van der Waals surface area contributed by atoms with Gasteiger partial charge in [0.25, 0.3) is 0 Å². The molecular formula is C14H29NO2. The van der Waals surface area contributed by atoms with Crippen LogP contribution in [0.15, 0.2) is 0 Å². The Bertz CT molecular complexity index is 170. The van der Waals surface area contributed by atoms with E-state index < -0.39 is 0 Å². The van der Waals surface area contributed by atoms with Gasteiger partial charge in [-0.1, -0.05) is 13.8 Å². The highest BCUT2D eigenvalue weighted by Gasteiger charge is 2.16. The third-order valence-corrected chi connectivity index (χ3v) is 3.26. The zero-order valence-electron chi connectivity index (χ0n) is 11.5. The van der Waals surface area contributed by atoms with E-state index in [1.54, 1.807) is 0 Å². The second-order valence-electron chi connectivity index (χ2n) is 4.90. The Balaban J connectivity index is 2.05. The Hall–Kier alpha value is -0.120. The third-order valence-electron chi connectivity index (χ3n) is 3.26. The summed E-state index contributed by atoms with van der Waals surface area (Å²) in [4.78, 5) is 0. The van der Waals surface area contributed by atoms with Gasteiger partial charge in [0, 0.05) is 19.3 Å². The maximum absolute atomic E-state index is 5.64. The molecule has 0 aliphatic carbocycles. The highest BCUT2D eigenvalue weighted by Crippen LogP contribution is 2.18. The van der Waals surface area contributed by atoms with Crippen molar-refractivity contribution in [2.45, 2.75) is 64.5 Å². The monoisotopic (exact) mass is 243 g/mol. The minimum atomic E-state index is 0.521. The van der Waals surface area contributed by atoms with Crippen LogP contribution in [0.2, 0.25) is 0 Å². The second kappa shape index (κ2) is 9.86. The SMILES string of the molecule is CCCOCC(CCCC1CCCO1)NCC. The minimum absolute atomic E-state index is 0.521. The summed E-state index contributed by atoms with van der Waals surface area (Å²) in [6, 6.07) is 0.521. The van der Waals surface area contributed by atoms with Gasteiger partial charge in [-0.3, -0.25) is 0 Å². The molecule has 2 unspecified atom stereocenters. The van der Waals surface area contributed by atoms with E-state index in [-0.39, 0.29) is 0 Å². The molecule has 1 fully saturated rings. The molecule has 0 aromatic heterocycles. The van der Waals surface area contributed by atoms with Crippen molar-refractivity contribution in [3.63, 3.8) is 0 Å². The Labute approximate surface area is 106 Å². The third kappa shape index (κ3) is 7.02. The first kappa shape index (κ1) is 14.9. The van der Waals surface area contributed by atoms with Crippen molar-refractivity contribution in [2.24, 2.45) is 0 Å². The fourth-order valence-electron chi connectivity index (χ4n) is 2.37. The first-order valence-electron chi connectivity index (χ1n) is 7.29. The van der Waals surface area contributed by atoms with E-state index >= 15 is 0 Å². The minimum Gasteiger partial charge on any atom is -0.380 e. The first-order valence-corrected chi connectivity index (χ1v) is 7.29. The van der Waals surface area contributed by atoms with Crippen molar-refractivity contribution >= 4 is 0 Å². The topological polar surface area (TPSA) is 30.5 Å². The standard InChI is InChI=1S/C14H29NO2/c1-3-10-16-12-13(15-4-2)7-5-8-14-9-6-11-17-14/h13-15H,3-12H2,1-2H3. The lowest BCUT2D eigenvalue weighted by Gasteiger charge is -2.18. The summed E-state index contributed by atoms with van der Waals surface area (Å²) < 4.78 is 11.3. The largest absolute Gasteiger partial charge is 0.380 e. The second-order valence-corrected chi connectivity index (χ2v) is 4.90. The zero-order valence-corrected chi connectivity index (χ0v) is 11.5. The smallest absolute Gasteiger partial charge is 0.0619 e. The van der Waals surface area contributed by atoms with Crippen LogP contribution in [0.4, 0.5) is 0 Å². The summed E-state index contributed by atoms with van der Waals surface area (Å²) in [5, 5.41) is 3.50. The molecule has 2 atom stereocenters. The molecule has 17 heavy (non-hydrogen) atoms. The molecule has 1 heterocycles. The van der Waals surface area contributed by atoms with Crippen molar-refractivity contribution in [3.8, 4) is 0 Å². The Morgan fingerprint density at radius 3 is 2.94 bits per heavy atom. The number of likely N-dealkylation sites (N-methyl/N-ethyl adjacent to an activating group) is 1. The molecule has 1 N–H and O–H groups in total. The number of hydrogen-bond donors (Lipinski definition) is 1. The van der Waals surface area contributed by atoms with Crippen molar-refractivity contribution in [3.05, 3.63) is 0 Å². The molecule has 0 radical (unpaired) electrons. The van der Waals surface area contributed by atoms with Crippen LogP contribution >= 0.6 is 0 Å². The average Bonchev–Trinajstić information content (AvgIpc) is 2.82. The molecule has 0 aromatic carbocycles. The van der Waals surface area contributed by atoms with Gasteiger partial charge in [0.05, 0.1) is 12.7 Å². The maximum Gasteiger partial charge on any atom is 0.0619 e. The first-order chi connectivity index (χ1) is 8.36. The van der Waals surface area contributed by atoms with E-state index in [1.807, 2.05) is 0 Å². The van der Waals surface area contributed by atoms with E-state index in [0.29, 0.717) is 12.1 Å². The van der Waals surface area contributed by atoms with Crippen LogP contribution in [0.1, 0.15) is 52.4 Å². The van der Waals surface area contributed by atoms with Gasteiger partial charge in [0.1, 0.15) is 0 Å². The molecule has 3 heteroatoms. The highest BCUT2D eigenvalue weighted by molar-refractivity contribution is 4.69. The molecule has 1 aliphatic heterocycles. The Morgan fingerprint density at radius 1 is 1.41 bits per heavy atom. The van der Waals surface area contributed by atoms with Crippen LogP contribution in [-0.2, 0) is 9.47 Å². The van der Waals surface area contributed by atoms with E-state index in [2.05, 4.69) is 19.2 Å². The van der Waals surface area contributed by atoms with Crippen molar-refractivity contribution in [1.29, 1.82) is 0 Å². The molecule has 0 bridgehead atoms. The number of ether oxygens (including phenoxy) is 2. The predicted octanol–water partition coefficient (Wildman–Crippen LogP) is 2.74. The summed E-state index contributed by atoms with van der Waals surface area (Å²) in [6.45, 7) is 8.05. The lowest BCUT2D eigenvalue weighted by atomic mass is 10.1. The summed E-state index contributed by atoms with van der Waals surface area (Å²) in [7, 11) is 0. The van der Waals surface area contributed by atoms with Gasteiger partial charge >= 0.3 is 0 Å². The van der Waals surface area contributed by atoms with Gasteiger partial charge < -0.3 is 14.8 Å². The quantitative estimate of drug-likeness (QED) is 0.598. The van der Waals surface area contributed by atoms with Crippen molar-refractivity contribution in [2.75, 3.05) is 26.4 Å². The predicted molar refractivity (Wildman–Crippen MR) is 71.4 cm³/mol. The van der Waals surface area contributed by atoms with E-state index in [9.17, 15) is 0 Å². The van der Waals surface area contributed by atoms with Gasteiger partial charge in [-0.25, -0.2) is 0 Å². The molecule has 0 amide bonds. The van der Waals surface area contributed by atoms with Crippen LogP contribution in [-0.4, -0.2) is 38.5 Å².